The SMILES string of the molecule is CC(O)(O)COC(=O)c1ccccc1. The first-order valence-corrected chi connectivity index (χ1v) is 4.16. The summed E-state index contributed by atoms with van der Waals surface area (Å²) in [5.74, 6) is -2.55. The predicted molar refractivity (Wildman–Crippen MR) is 49.6 cm³/mol. The average Bonchev–Trinajstić information content (AvgIpc) is 2.14. The molecule has 14 heavy (non-hydrogen) atoms. The summed E-state index contributed by atoms with van der Waals surface area (Å²) in [5, 5.41) is 17.8. The highest BCUT2D eigenvalue weighted by Crippen LogP contribution is 2.04. The molecule has 0 unspecified atom stereocenters. The number of carbonyl (C=O) groups is 1. The molecule has 0 aliphatic carbocycles. The van der Waals surface area contributed by atoms with E-state index in [4.69, 9.17) is 10.2 Å². The second kappa shape index (κ2) is 4.21. The minimum Gasteiger partial charge on any atom is -0.456 e. The average molecular weight is 196 g/mol. The smallest absolute Gasteiger partial charge is 0.338 e. The molecule has 0 radical (unpaired) electrons. The van der Waals surface area contributed by atoms with Gasteiger partial charge in [-0.25, -0.2) is 4.79 Å². The molecule has 4 nitrogen and oxygen atoms in total. The summed E-state index contributed by atoms with van der Waals surface area (Å²) < 4.78 is 4.65. The first-order valence-electron chi connectivity index (χ1n) is 4.16. The van der Waals surface area contributed by atoms with Gasteiger partial charge < -0.3 is 14.9 Å². The van der Waals surface area contributed by atoms with E-state index in [0.717, 1.165) is 6.92 Å². The third-order valence-electron chi connectivity index (χ3n) is 1.49. The molecule has 0 fully saturated rings. The molecule has 2 N–H and O–H groups in total. The first-order chi connectivity index (χ1) is 6.49. The molecule has 4 heteroatoms. The van der Waals surface area contributed by atoms with E-state index in [9.17, 15) is 4.79 Å². The zero-order valence-electron chi connectivity index (χ0n) is 7.80. The van der Waals surface area contributed by atoms with Gasteiger partial charge in [0.2, 0.25) is 0 Å². The van der Waals surface area contributed by atoms with Gasteiger partial charge in [-0.15, -0.1) is 0 Å². The molecule has 0 spiro atoms. The highest BCUT2D eigenvalue weighted by Gasteiger charge is 2.18. The topological polar surface area (TPSA) is 66.8 Å². The van der Waals surface area contributed by atoms with Crippen LogP contribution in [0.15, 0.2) is 30.3 Å². The molecule has 0 aromatic heterocycles. The van der Waals surface area contributed by atoms with Crippen LogP contribution >= 0.6 is 0 Å². The number of aliphatic hydroxyl groups is 2. The Balaban J connectivity index is 2.52. The number of hydrogen-bond acceptors (Lipinski definition) is 4. The van der Waals surface area contributed by atoms with Gasteiger partial charge in [-0.3, -0.25) is 0 Å². The van der Waals surface area contributed by atoms with Crippen molar-refractivity contribution in [2.45, 2.75) is 12.7 Å². The Labute approximate surface area is 81.8 Å². The maximum absolute atomic E-state index is 11.2. The third kappa shape index (κ3) is 3.55. The minimum atomic E-state index is -1.98. The van der Waals surface area contributed by atoms with E-state index in [1.807, 2.05) is 0 Å². The lowest BCUT2D eigenvalue weighted by Gasteiger charge is -2.15. The van der Waals surface area contributed by atoms with E-state index in [-0.39, 0.29) is 0 Å². The van der Waals surface area contributed by atoms with Crippen molar-refractivity contribution < 1.29 is 19.7 Å². The van der Waals surface area contributed by atoms with Crippen molar-refractivity contribution in [2.24, 2.45) is 0 Å². The third-order valence-corrected chi connectivity index (χ3v) is 1.49. The van der Waals surface area contributed by atoms with Crippen molar-refractivity contribution in [3.05, 3.63) is 35.9 Å². The fourth-order valence-corrected chi connectivity index (χ4v) is 0.860. The molecule has 0 saturated carbocycles. The van der Waals surface area contributed by atoms with Gasteiger partial charge in [-0.2, -0.15) is 0 Å². The molecule has 1 aromatic carbocycles. The molecule has 76 valence electrons. The van der Waals surface area contributed by atoms with E-state index in [1.165, 1.54) is 0 Å². The summed E-state index contributed by atoms with van der Waals surface area (Å²) >= 11 is 0. The molecule has 0 heterocycles. The lowest BCUT2D eigenvalue weighted by Crippen LogP contribution is -2.31. The van der Waals surface area contributed by atoms with E-state index in [1.54, 1.807) is 30.3 Å². The highest BCUT2D eigenvalue weighted by molar-refractivity contribution is 5.89. The van der Waals surface area contributed by atoms with Crippen LogP contribution in [-0.4, -0.2) is 28.6 Å². The Morgan fingerprint density at radius 1 is 1.36 bits per heavy atom. The maximum atomic E-state index is 11.2. The van der Waals surface area contributed by atoms with E-state index < -0.39 is 18.4 Å². The van der Waals surface area contributed by atoms with Gasteiger partial charge in [0.25, 0.3) is 0 Å². The van der Waals surface area contributed by atoms with Gasteiger partial charge in [-0.05, 0) is 19.1 Å². The van der Waals surface area contributed by atoms with Crippen LogP contribution in [0.1, 0.15) is 17.3 Å². The van der Waals surface area contributed by atoms with Crippen molar-refractivity contribution in [2.75, 3.05) is 6.61 Å². The van der Waals surface area contributed by atoms with Crippen LogP contribution in [0.25, 0.3) is 0 Å². The fraction of sp³-hybridized carbons (Fsp3) is 0.300. The molecule has 0 saturated heterocycles. The van der Waals surface area contributed by atoms with Crippen LogP contribution in [-0.2, 0) is 4.74 Å². The van der Waals surface area contributed by atoms with Gasteiger partial charge in [0.15, 0.2) is 5.79 Å². The van der Waals surface area contributed by atoms with Crippen molar-refractivity contribution in [3.8, 4) is 0 Å². The van der Waals surface area contributed by atoms with Crippen LogP contribution in [0.4, 0.5) is 0 Å². The molecule has 0 bridgehead atoms. The molecule has 0 amide bonds. The summed E-state index contributed by atoms with van der Waals surface area (Å²) in [6.45, 7) is 0.700. The highest BCUT2D eigenvalue weighted by atomic mass is 16.6. The van der Waals surface area contributed by atoms with Gasteiger partial charge in [-0.1, -0.05) is 18.2 Å². The van der Waals surface area contributed by atoms with Gasteiger partial charge in [0.1, 0.15) is 6.61 Å². The van der Waals surface area contributed by atoms with Crippen LogP contribution in [0.3, 0.4) is 0 Å². The van der Waals surface area contributed by atoms with E-state index >= 15 is 0 Å². The van der Waals surface area contributed by atoms with Crippen LogP contribution in [0, 0.1) is 0 Å². The van der Waals surface area contributed by atoms with Gasteiger partial charge in [0, 0.05) is 0 Å². The van der Waals surface area contributed by atoms with Crippen LogP contribution in [0.5, 0.6) is 0 Å². The minimum absolute atomic E-state index is 0.386. The Hall–Kier alpha value is -1.39. The predicted octanol–water partition coefficient (Wildman–Crippen LogP) is 0.544. The molecule has 1 rings (SSSR count). The quantitative estimate of drug-likeness (QED) is 0.547. The number of esters is 1. The molecule has 1 aromatic rings. The monoisotopic (exact) mass is 196 g/mol. The first kappa shape index (κ1) is 10.7. The summed E-state index contributed by atoms with van der Waals surface area (Å²) in [6.07, 6.45) is 0. The Morgan fingerprint density at radius 2 is 1.93 bits per heavy atom. The number of hydrogen-bond donors (Lipinski definition) is 2. The second-order valence-corrected chi connectivity index (χ2v) is 3.16. The molecular weight excluding hydrogens is 184 g/mol. The molecule has 0 aliphatic rings. The largest absolute Gasteiger partial charge is 0.456 e. The van der Waals surface area contributed by atoms with Gasteiger partial charge >= 0.3 is 5.97 Å². The maximum Gasteiger partial charge on any atom is 0.338 e. The second-order valence-electron chi connectivity index (χ2n) is 3.16. The lowest BCUT2D eigenvalue weighted by molar-refractivity contribution is -0.172. The number of ether oxygens (including phenoxy) is 1. The van der Waals surface area contributed by atoms with Crippen molar-refractivity contribution in [1.29, 1.82) is 0 Å². The lowest BCUT2D eigenvalue weighted by atomic mass is 10.2. The summed E-state index contributed by atoms with van der Waals surface area (Å²) in [7, 11) is 0. The standard InChI is InChI=1S/C10H12O4/c1-10(12,13)7-14-9(11)8-5-3-2-4-6-8/h2-6,12-13H,7H2,1H3. The Bertz CT molecular complexity index is 300. The zero-order chi connectivity index (χ0) is 10.6. The summed E-state index contributed by atoms with van der Waals surface area (Å²) in [6, 6.07) is 8.36. The number of carbonyl (C=O) groups excluding carboxylic acids is 1. The Morgan fingerprint density at radius 3 is 2.43 bits per heavy atom. The van der Waals surface area contributed by atoms with Crippen molar-refractivity contribution in [3.63, 3.8) is 0 Å². The molecule has 0 aliphatic heterocycles. The van der Waals surface area contributed by atoms with Gasteiger partial charge in [0.05, 0.1) is 5.56 Å². The molecule has 0 atom stereocenters. The summed E-state index contributed by atoms with van der Waals surface area (Å²) in [5.41, 5.74) is 0.386. The Kier molecular flexibility index (Phi) is 3.22. The van der Waals surface area contributed by atoms with Crippen molar-refractivity contribution in [1.82, 2.24) is 0 Å². The zero-order valence-corrected chi connectivity index (χ0v) is 7.80. The van der Waals surface area contributed by atoms with E-state index in [0.29, 0.717) is 5.56 Å². The number of benzene rings is 1. The normalized spacial score (nSPS) is 11.1. The van der Waals surface area contributed by atoms with E-state index in [2.05, 4.69) is 4.74 Å². The fourth-order valence-electron chi connectivity index (χ4n) is 0.860. The van der Waals surface area contributed by atoms with Crippen LogP contribution in [0.2, 0.25) is 0 Å². The van der Waals surface area contributed by atoms with Crippen molar-refractivity contribution >= 4 is 5.97 Å². The molecular formula is C10H12O4. The number of rotatable bonds is 3. The van der Waals surface area contributed by atoms with Crippen LogP contribution < -0.4 is 0 Å². The summed E-state index contributed by atoms with van der Waals surface area (Å²) in [4.78, 5) is 11.2.